The highest BCUT2D eigenvalue weighted by Crippen LogP contribution is 2.42. The van der Waals surface area contributed by atoms with E-state index < -0.39 is 0 Å². The highest BCUT2D eigenvalue weighted by atomic mass is 32.1. The van der Waals surface area contributed by atoms with Crippen LogP contribution in [0.2, 0.25) is 0 Å². The van der Waals surface area contributed by atoms with Gasteiger partial charge in [-0.25, -0.2) is 4.98 Å². The summed E-state index contributed by atoms with van der Waals surface area (Å²) in [7, 11) is 0. The van der Waals surface area contributed by atoms with Crippen molar-refractivity contribution in [3.63, 3.8) is 0 Å². The second-order valence-electron chi connectivity index (χ2n) is 6.52. The number of aromatic nitrogens is 2. The first-order valence-corrected chi connectivity index (χ1v) is 8.61. The van der Waals surface area contributed by atoms with E-state index in [1.165, 1.54) is 17.7 Å². The topological polar surface area (TPSA) is 49.8 Å². The van der Waals surface area contributed by atoms with Crippen molar-refractivity contribution >= 4 is 33.3 Å². The van der Waals surface area contributed by atoms with Gasteiger partial charge in [0.1, 0.15) is 10.6 Å². The van der Waals surface area contributed by atoms with Crippen molar-refractivity contribution in [2.24, 2.45) is 5.92 Å². The van der Waals surface area contributed by atoms with Crippen LogP contribution >= 0.6 is 11.3 Å². The third kappa shape index (κ3) is 3.12. The Morgan fingerprint density at radius 2 is 2.10 bits per heavy atom. The summed E-state index contributed by atoms with van der Waals surface area (Å²) < 4.78 is 0. The van der Waals surface area contributed by atoms with Gasteiger partial charge in [-0.1, -0.05) is 6.92 Å². The zero-order chi connectivity index (χ0) is 15.0. The highest BCUT2D eigenvalue weighted by molar-refractivity contribution is 7.18. The van der Waals surface area contributed by atoms with E-state index in [0.29, 0.717) is 0 Å². The molecule has 0 radical (unpaired) electrons. The summed E-state index contributed by atoms with van der Waals surface area (Å²) in [6, 6.07) is 2.19. The quantitative estimate of drug-likeness (QED) is 0.829. The number of anilines is 2. The Labute approximate surface area is 130 Å². The van der Waals surface area contributed by atoms with Crippen molar-refractivity contribution in [1.29, 1.82) is 0 Å². The smallest absolute Gasteiger partial charge is 0.226 e. The molecule has 2 N–H and O–H groups in total. The van der Waals surface area contributed by atoms with E-state index in [0.717, 1.165) is 40.9 Å². The van der Waals surface area contributed by atoms with Gasteiger partial charge in [0.25, 0.3) is 0 Å². The summed E-state index contributed by atoms with van der Waals surface area (Å²) in [6.07, 6.45) is 3.71. The Bertz CT molecular complexity index is 643. The molecular weight excluding hydrogens is 280 g/mol. The van der Waals surface area contributed by atoms with Crippen molar-refractivity contribution in [2.45, 2.75) is 52.5 Å². The molecule has 0 spiro atoms. The van der Waals surface area contributed by atoms with Crippen molar-refractivity contribution in [3.05, 3.63) is 10.9 Å². The molecule has 114 valence electrons. The molecule has 5 heteroatoms. The van der Waals surface area contributed by atoms with Gasteiger partial charge >= 0.3 is 0 Å². The van der Waals surface area contributed by atoms with Gasteiger partial charge in [0.2, 0.25) is 5.95 Å². The Kier molecular flexibility index (Phi) is 3.78. The van der Waals surface area contributed by atoms with Crippen LogP contribution in [-0.2, 0) is 0 Å². The van der Waals surface area contributed by atoms with Crippen LogP contribution in [0.5, 0.6) is 0 Å². The molecule has 0 amide bonds. The zero-order valence-electron chi connectivity index (χ0n) is 13.3. The second-order valence-corrected chi connectivity index (χ2v) is 7.75. The molecule has 4 nitrogen and oxygen atoms in total. The molecular formula is C16H24N4S. The zero-order valence-corrected chi connectivity index (χ0v) is 14.1. The molecule has 1 aliphatic carbocycles. The van der Waals surface area contributed by atoms with E-state index in [9.17, 15) is 0 Å². The monoisotopic (exact) mass is 304 g/mol. The molecule has 0 unspecified atom stereocenters. The first-order chi connectivity index (χ1) is 9.99. The number of thiophene rings is 1. The summed E-state index contributed by atoms with van der Waals surface area (Å²) in [5.74, 6) is 2.47. The number of rotatable bonds is 6. The molecule has 2 aromatic rings. The predicted molar refractivity (Wildman–Crippen MR) is 91.4 cm³/mol. The third-order valence-electron chi connectivity index (χ3n) is 4.09. The predicted octanol–water partition coefficient (Wildman–Crippen LogP) is 4.42. The number of fused-ring (bicyclic) bond motifs is 1. The fourth-order valence-corrected chi connectivity index (χ4v) is 3.54. The molecule has 21 heavy (non-hydrogen) atoms. The number of hydrogen-bond donors (Lipinski definition) is 2. The van der Waals surface area contributed by atoms with Crippen LogP contribution in [0.1, 0.15) is 44.9 Å². The molecule has 0 aliphatic heterocycles. The molecule has 0 aromatic carbocycles. The van der Waals surface area contributed by atoms with Crippen LogP contribution < -0.4 is 10.6 Å². The number of aryl methyl sites for hydroxylation is 1. The number of nitrogens with zero attached hydrogens (tertiary/aromatic N) is 2. The number of nitrogens with one attached hydrogen (secondary N) is 2. The van der Waals surface area contributed by atoms with Crippen molar-refractivity contribution < 1.29 is 0 Å². The molecule has 2 aromatic heterocycles. The molecule has 1 aliphatic rings. The molecule has 0 atom stereocenters. The lowest BCUT2D eigenvalue weighted by Gasteiger charge is -2.27. The van der Waals surface area contributed by atoms with E-state index in [1.807, 2.05) is 0 Å². The third-order valence-corrected chi connectivity index (χ3v) is 5.03. The van der Waals surface area contributed by atoms with E-state index in [2.05, 4.69) is 49.4 Å². The molecule has 2 heterocycles. The summed E-state index contributed by atoms with van der Waals surface area (Å²) in [5.41, 5.74) is 0.0964. The lowest BCUT2D eigenvalue weighted by atomic mass is 9.99. The van der Waals surface area contributed by atoms with Crippen molar-refractivity contribution in [1.82, 2.24) is 9.97 Å². The minimum atomic E-state index is 0.0964. The fraction of sp³-hybridized carbons (Fsp3) is 0.625. The van der Waals surface area contributed by atoms with Gasteiger partial charge < -0.3 is 10.6 Å². The maximum absolute atomic E-state index is 4.72. The fourth-order valence-electron chi connectivity index (χ4n) is 2.67. The maximum atomic E-state index is 4.72. The normalized spacial score (nSPS) is 15.4. The highest BCUT2D eigenvalue weighted by Gasteiger charge is 2.38. The Morgan fingerprint density at radius 3 is 2.76 bits per heavy atom. The van der Waals surface area contributed by atoms with Gasteiger partial charge in [-0.3, -0.25) is 0 Å². The Balaban J connectivity index is 1.97. The van der Waals surface area contributed by atoms with Gasteiger partial charge in [0.15, 0.2) is 0 Å². The first-order valence-electron chi connectivity index (χ1n) is 7.80. The minimum Gasteiger partial charge on any atom is -0.364 e. The van der Waals surface area contributed by atoms with Crippen LogP contribution in [0.25, 0.3) is 10.2 Å². The van der Waals surface area contributed by atoms with E-state index in [-0.39, 0.29) is 5.54 Å². The summed E-state index contributed by atoms with van der Waals surface area (Å²) in [4.78, 5) is 11.7. The van der Waals surface area contributed by atoms with Gasteiger partial charge in [-0.15, -0.1) is 11.3 Å². The lowest BCUT2D eigenvalue weighted by Crippen LogP contribution is -2.33. The van der Waals surface area contributed by atoms with Gasteiger partial charge in [0, 0.05) is 17.0 Å². The average Bonchev–Trinajstić information content (AvgIpc) is 3.20. The molecule has 1 saturated carbocycles. The maximum Gasteiger partial charge on any atom is 0.226 e. The Morgan fingerprint density at radius 1 is 1.33 bits per heavy atom. The van der Waals surface area contributed by atoms with Gasteiger partial charge in [-0.2, -0.15) is 4.98 Å². The average molecular weight is 304 g/mol. The van der Waals surface area contributed by atoms with Gasteiger partial charge in [0.05, 0.1) is 5.39 Å². The van der Waals surface area contributed by atoms with E-state index in [1.54, 1.807) is 11.3 Å². The van der Waals surface area contributed by atoms with Crippen LogP contribution in [-0.4, -0.2) is 22.1 Å². The Hall–Kier alpha value is -1.36. The number of hydrogen-bond acceptors (Lipinski definition) is 5. The molecule has 3 rings (SSSR count). The molecule has 0 saturated heterocycles. The van der Waals surface area contributed by atoms with Crippen LogP contribution in [0.3, 0.4) is 0 Å². The van der Waals surface area contributed by atoms with Crippen LogP contribution in [0.4, 0.5) is 11.8 Å². The minimum absolute atomic E-state index is 0.0964. The van der Waals surface area contributed by atoms with Crippen LogP contribution in [0.15, 0.2) is 6.07 Å². The lowest BCUT2D eigenvalue weighted by molar-refractivity contribution is 0.493. The van der Waals surface area contributed by atoms with Crippen LogP contribution in [0, 0.1) is 12.8 Å². The van der Waals surface area contributed by atoms with Gasteiger partial charge in [-0.05, 0) is 52.0 Å². The first kappa shape index (κ1) is 14.6. The van der Waals surface area contributed by atoms with E-state index >= 15 is 0 Å². The summed E-state index contributed by atoms with van der Waals surface area (Å²) in [6.45, 7) is 9.73. The largest absolute Gasteiger partial charge is 0.364 e. The van der Waals surface area contributed by atoms with Crippen molar-refractivity contribution in [3.8, 4) is 0 Å². The molecule has 0 bridgehead atoms. The SMILES string of the molecule is CCCNc1nc(NC(C)(C)C2CC2)c2cc(C)sc2n1. The van der Waals surface area contributed by atoms with E-state index in [4.69, 9.17) is 4.98 Å². The standard InChI is InChI=1S/C16H24N4S/c1-5-8-17-15-18-13(20-16(3,4)11-6-7-11)12-9-10(2)21-14(12)19-15/h9,11H,5-8H2,1-4H3,(H2,17,18,19,20). The summed E-state index contributed by atoms with van der Waals surface area (Å²) >= 11 is 1.73. The summed E-state index contributed by atoms with van der Waals surface area (Å²) in [5, 5.41) is 8.13. The van der Waals surface area contributed by atoms with Crippen molar-refractivity contribution in [2.75, 3.05) is 17.2 Å². The molecule has 1 fully saturated rings. The second kappa shape index (κ2) is 5.44.